The fraction of sp³-hybridized carbons (Fsp3) is 0.583. The van der Waals surface area contributed by atoms with Crippen LogP contribution in [0.3, 0.4) is 0 Å². The van der Waals surface area contributed by atoms with E-state index in [2.05, 4.69) is 5.32 Å². The molecule has 1 heterocycles. The first-order chi connectivity index (χ1) is 9.66. The lowest BCUT2D eigenvalue weighted by atomic mass is 9.82. The van der Waals surface area contributed by atoms with Crippen LogP contribution in [0, 0.1) is 5.92 Å². The number of nitrogens with two attached hydrogens (primary N) is 1. The van der Waals surface area contributed by atoms with Crippen molar-refractivity contribution in [2.24, 2.45) is 11.1 Å². The smallest absolute Gasteiger partial charge is 0.268 e. The van der Waals surface area contributed by atoms with Crippen molar-refractivity contribution < 1.29 is 22.0 Å². The normalized spacial score (nSPS) is 22.1. The monoisotopic (exact) mass is 321 g/mol. The minimum absolute atomic E-state index is 0.000309. The lowest BCUT2D eigenvalue weighted by Crippen LogP contribution is -2.44. The highest BCUT2D eigenvalue weighted by molar-refractivity contribution is 7.89. The second-order valence-electron chi connectivity index (χ2n) is 5.40. The van der Waals surface area contributed by atoms with Crippen LogP contribution < -0.4 is 10.5 Å². The quantitative estimate of drug-likeness (QED) is 0.844. The van der Waals surface area contributed by atoms with Gasteiger partial charge in [-0.25, -0.2) is 22.3 Å². The van der Waals surface area contributed by atoms with E-state index in [0.717, 1.165) is 29.7 Å². The fourth-order valence-corrected chi connectivity index (χ4v) is 2.96. The summed E-state index contributed by atoms with van der Waals surface area (Å²) in [5.41, 5.74) is -0.126. The van der Waals surface area contributed by atoms with E-state index in [-0.39, 0.29) is 16.6 Å². The third kappa shape index (κ3) is 3.79. The van der Waals surface area contributed by atoms with Gasteiger partial charge in [-0.3, -0.25) is 4.79 Å². The van der Waals surface area contributed by atoms with E-state index in [1.807, 2.05) is 6.92 Å². The summed E-state index contributed by atoms with van der Waals surface area (Å²) in [6.07, 6.45) is -0.104. The molecule has 21 heavy (non-hydrogen) atoms. The molecule has 9 heteroatoms. The summed E-state index contributed by atoms with van der Waals surface area (Å²) in [5, 5.41) is 7.67. The first-order valence-corrected chi connectivity index (χ1v) is 8.03. The zero-order valence-corrected chi connectivity index (χ0v) is 12.2. The Morgan fingerprint density at radius 3 is 2.62 bits per heavy atom. The van der Waals surface area contributed by atoms with Gasteiger partial charge in [0.1, 0.15) is 10.6 Å². The van der Waals surface area contributed by atoms with E-state index < -0.39 is 28.9 Å². The van der Waals surface area contributed by atoms with Crippen molar-refractivity contribution >= 4 is 15.9 Å². The molecule has 1 aromatic heterocycles. The van der Waals surface area contributed by atoms with Gasteiger partial charge in [0, 0.05) is 12.2 Å². The molecule has 1 aromatic rings. The third-order valence-electron chi connectivity index (χ3n) is 3.48. The molecule has 0 atom stereocenters. The lowest BCUT2D eigenvalue weighted by molar-refractivity contribution is 0.0874. The van der Waals surface area contributed by atoms with Crippen LogP contribution in [0.1, 0.15) is 30.3 Å². The van der Waals surface area contributed by atoms with Gasteiger partial charge in [-0.2, -0.15) is 0 Å². The van der Waals surface area contributed by atoms with Crippen LogP contribution in [0.25, 0.3) is 0 Å². The minimum Gasteiger partial charge on any atom is -0.348 e. The van der Waals surface area contributed by atoms with Gasteiger partial charge in [0.15, 0.2) is 0 Å². The molecule has 0 saturated heterocycles. The predicted octanol–water partition coefficient (Wildman–Crippen LogP) is 0.929. The summed E-state index contributed by atoms with van der Waals surface area (Å²) in [5.74, 6) is -0.0504. The zero-order valence-electron chi connectivity index (χ0n) is 11.4. The number of sulfonamides is 1. The highest BCUT2D eigenvalue weighted by atomic mass is 32.2. The summed E-state index contributed by atoms with van der Waals surface area (Å²) in [6, 6.07) is 1.02. The van der Waals surface area contributed by atoms with Crippen LogP contribution in [-0.2, 0) is 16.6 Å². The maximum absolute atomic E-state index is 12.5. The lowest BCUT2D eigenvalue weighted by Gasteiger charge is -2.33. The number of halogens is 2. The molecule has 0 bridgehead atoms. The van der Waals surface area contributed by atoms with Crippen molar-refractivity contribution in [2.75, 3.05) is 0 Å². The Bertz CT molecular complexity index is 636. The first kappa shape index (κ1) is 15.9. The highest BCUT2D eigenvalue weighted by Gasteiger charge is 2.28. The van der Waals surface area contributed by atoms with Crippen LogP contribution in [0.2, 0.25) is 0 Å². The average molecular weight is 321 g/mol. The Labute approximate surface area is 121 Å². The molecule has 1 saturated carbocycles. The van der Waals surface area contributed by atoms with E-state index in [9.17, 15) is 22.0 Å². The molecule has 0 aliphatic heterocycles. The number of hydrogen-bond donors (Lipinski definition) is 2. The van der Waals surface area contributed by atoms with Gasteiger partial charge < -0.3 is 9.88 Å². The largest absolute Gasteiger partial charge is 0.348 e. The Hall–Kier alpha value is -1.48. The average Bonchev–Trinajstić information content (AvgIpc) is 2.69. The van der Waals surface area contributed by atoms with Crippen molar-refractivity contribution in [3.05, 3.63) is 18.0 Å². The molecular weight excluding hydrogens is 304 g/mol. The molecule has 6 nitrogen and oxygen atoms in total. The van der Waals surface area contributed by atoms with Gasteiger partial charge in [-0.05, 0) is 24.8 Å². The highest BCUT2D eigenvalue weighted by Crippen LogP contribution is 2.26. The van der Waals surface area contributed by atoms with Gasteiger partial charge in [0.2, 0.25) is 10.0 Å². The number of carbonyl (C=O) groups is 1. The van der Waals surface area contributed by atoms with E-state index in [1.54, 1.807) is 0 Å². The molecule has 1 fully saturated rings. The second-order valence-corrected chi connectivity index (χ2v) is 6.96. The number of aromatic nitrogens is 1. The van der Waals surface area contributed by atoms with Gasteiger partial charge >= 0.3 is 0 Å². The van der Waals surface area contributed by atoms with Crippen molar-refractivity contribution in [1.29, 1.82) is 0 Å². The summed E-state index contributed by atoms with van der Waals surface area (Å²) in [4.78, 5) is 11.7. The number of carbonyl (C=O) groups excluding carboxylic acids is 1. The van der Waals surface area contributed by atoms with E-state index in [0.29, 0.717) is 5.92 Å². The maximum Gasteiger partial charge on any atom is 0.268 e. The molecule has 0 spiro atoms. The van der Waals surface area contributed by atoms with E-state index in [1.165, 1.54) is 0 Å². The van der Waals surface area contributed by atoms with Crippen molar-refractivity contribution in [1.82, 2.24) is 9.88 Å². The Kier molecular flexibility index (Phi) is 4.33. The summed E-state index contributed by atoms with van der Waals surface area (Å²) >= 11 is 0. The van der Waals surface area contributed by atoms with Gasteiger partial charge in [-0.15, -0.1) is 0 Å². The third-order valence-corrected chi connectivity index (χ3v) is 4.36. The van der Waals surface area contributed by atoms with Crippen LogP contribution in [0.5, 0.6) is 0 Å². The number of amides is 1. The molecule has 0 unspecified atom stereocenters. The summed E-state index contributed by atoms with van der Waals surface area (Å²) in [6.45, 7) is 1.28. The van der Waals surface area contributed by atoms with E-state index >= 15 is 0 Å². The molecule has 118 valence electrons. The van der Waals surface area contributed by atoms with Gasteiger partial charge in [-0.1, -0.05) is 6.92 Å². The standard InChI is InChI=1S/C12H17F2N3O3S/c1-7-2-8(3-7)16-12(18)10-4-9(21(15,19)20)5-17(10)6-11(13)14/h4-5,7-8,11H,2-3,6H2,1H3,(H,16,18)(H2,15,19,20). The van der Waals surface area contributed by atoms with Crippen molar-refractivity contribution in [3.63, 3.8) is 0 Å². The van der Waals surface area contributed by atoms with Crippen LogP contribution in [-0.4, -0.2) is 31.4 Å². The number of alkyl halides is 2. The van der Waals surface area contributed by atoms with Crippen LogP contribution in [0.15, 0.2) is 17.2 Å². The Balaban J connectivity index is 2.23. The molecule has 1 aliphatic carbocycles. The number of nitrogens with zero attached hydrogens (tertiary/aromatic N) is 1. The maximum atomic E-state index is 12.5. The van der Waals surface area contributed by atoms with Crippen LogP contribution in [0.4, 0.5) is 8.78 Å². The molecule has 1 aliphatic rings. The molecular formula is C12H17F2N3O3S. The number of primary sulfonamides is 1. The molecule has 0 radical (unpaired) electrons. The number of rotatable bonds is 5. The molecule has 0 aromatic carbocycles. The molecule has 1 amide bonds. The zero-order chi connectivity index (χ0) is 15.8. The predicted molar refractivity (Wildman–Crippen MR) is 71.5 cm³/mol. The summed E-state index contributed by atoms with van der Waals surface area (Å²) < 4.78 is 48.5. The van der Waals surface area contributed by atoms with Gasteiger partial charge in [0.05, 0.1) is 6.54 Å². The first-order valence-electron chi connectivity index (χ1n) is 6.49. The Morgan fingerprint density at radius 2 is 2.14 bits per heavy atom. The topological polar surface area (TPSA) is 94.2 Å². The minimum atomic E-state index is -4.05. The molecule has 2 rings (SSSR count). The SMILES string of the molecule is CC1CC(NC(=O)c2cc(S(N)(=O)=O)cn2CC(F)F)C1. The van der Waals surface area contributed by atoms with Crippen molar-refractivity contribution in [3.8, 4) is 0 Å². The number of hydrogen-bond acceptors (Lipinski definition) is 3. The van der Waals surface area contributed by atoms with E-state index in [4.69, 9.17) is 5.14 Å². The number of nitrogens with one attached hydrogen (secondary N) is 1. The van der Waals surface area contributed by atoms with Crippen LogP contribution >= 0.6 is 0 Å². The van der Waals surface area contributed by atoms with Gasteiger partial charge in [0.25, 0.3) is 12.3 Å². The summed E-state index contributed by atoms with van der Waals surface area (Å²) in [7, 11) is -4.05. The Morgan fingerprint density at radius 1 is 1.52 bits per heavy atom. The fourth-order valence-electron chi connectivity index (χ4n) is 2.41. The second kappa shape index (κ2) is 5.72. The van der Waals surface area contributed by atoms with Crippen molar-refractivity contribution in [2.45, 2.75) is 43.7 Å². The molecule has 3 N–H and O–H groups in total.